The summed E-state index contributed by atoms with van der Waals surface area (Å²) in [6.45, 7) is 8.22. The normalized spacial score (nSPS) is 11.3. The zero-order valence-electron chi connectivity index (χ0n) is 13.1. The summed E-state index contributed by atoms with van der Waals surface area (Å²) in [6.07, 6.45) is 0. The van der Waals surface area contributed by atoms with Crippen molar-refractivity contribution in [3.63, 3.8) is 0 Å². The minimum absolute atomic E-state index is 0.0249. The lowest BCUT2D eigenvalue weighted by molar-refractivity contribution is 1.04. The Morgan fingerprint density at radius 2 is 2.00 bits per heavy atom. The van der Waals surface area contributed by atoms with Crippen molar-refractivity contribution >= 4 is 33.3 Å². The van der Waals surface area contributed by atoms with Crippen LogP contribution in [0.2, 0.25) is 0 Å². The fourth-order valence-electron chi connectivity index (χ4n) is 2.47. The lowest BCUT2D eigenvalue weighted by Crippen LogP contribution is -2.10. The van der Waals surface area contributed by atoms with E-state index in [4.69, 9.17) is 0 Å². The molecular formula is C17H18N2OS2. The fourth-order valence-corrected chi connectivity index (χ4v) is 4.40. The number of hydrogen-bond acceptors (Lipinski definition) is 4. The van der Waals surface area contributed by atoms with E-state index in [9.17, 15) is 4.79 Å². The quantitative estimate of drug-likeness (QED) is 0.719. The van der Waals surface area contributed by atoms with Crippen LogP contribution in [0.25, 0.3) is 10.2 Å². The number of aromatic nitrogens is 2. The molecule has 3 aromatic rings. The van der Waals surface area contributed by atoms with Crippen molar-refractivity contribution < 1.29 is 0 Å². The van der Waals surface area contributed by atoms with Gasteiger partial charge in [-0.25, -0.2) is 4.98 Å². The molecule has 0 unspecified atom stereocenters. The average molecular weight is 330 g/mol. The highest BCUT2D eigenvalue weighted by atomic mass is 32.2. The second-order valence-corrected chi connectivity index (χ2v) is 7.75. The predicted octanol–water partition coefficient (Wildman–Crippen LogP) is 4.51. The molecule has 0 aliphatic rings. The number of H-pyrrole nitrogens is 1. The van der Waals surface area contributed by atoms with Crippen LogP contribution in [0.1, 0.15) is 27.4 Å². The summed E-state index contributed by atoms with van der Waals surface area (Å²) in [5.74, 6) is 1.41. The number of nitrogens with zero attached hydrogens (tertiary/aromatic N) is 1. The van der Waals surface area contributed by atoms with E-state index in [2.05, 4.69) is 42.0 Å². The molecule has 0 amide bonds. The van der Waals surface area contributed by atoms with Crippen LogP contribution < -0.4 is 5.56 Å². The first kappa shape index (κ1) is 15.3. The molecule has 0 atom stereocenters. The second kappa shape index (κ2) is 5.89. The molecule has 3 nitrogen and oxygen atoms in total. The molecule has 114 valence electrons. The van der Waals surface area contributed by atoms with Gasteiger partial charge in [0.1, 0.15) is 10.7 Å². The summed E-state index contributed by atoms with van der Waals surface area (Å²) in [5, 5.41) is 0.739. The largest absolute Gasteiger partial charge is 0.309 e. The summed E-state index contributed by atoms with van der Waals surface area (Å²) >= 11 is 3.30. The predicted molar refractivity (Wildman–Crippen MR) is 95.2 cm³/mol. The van der Waals surface area contributed by atoms with Crippen LogP contribution in [-0.4, -0.2) is 9.97 Å². The number of nitrogens with one attached hydrogen (secondary N) is 1. The zero-order valence-corrected chi connectivity index (χ0v) is 14.7. The number of fused-ring (bicyclic) bond motifs is 1. The molecule has 1 N–H and O–H groups in total. The van der Waals surface area contributed by atoms with Crippen LogP contribution in [0.15, 0.2) is 27.9 Å². The van der Waals surface area contributed by atoms with E-state index < -0.39 is 0 Å². The Kier molecular flexibility index (Phi) is 4.10. The van der Waals surface area contributed by atoms with Gasteiger partial charge in [0, 0.05) is 9.77 Å². The first-order valence-electron chi connectivity index (χ1n) is 7.14. The summed E-state index contributed by atoms with van der Waals surface area (Å²) < 4.78 is 0. The van der Waals surface area contributed by atoms with Crippen molar-refractivity contribution in [2.24, 2.45) is 0 Å². The maximum absolute atomic E-state index is 12.3. The molecule has 1 aromatic carbocycles. The third-order valence-corrected chi connectivity index (χ3v) is 6.07. The molecule has 0 aliphatic heterocycles. The topological polar surface area (TPSA) is 45.8 Å². The Labute approximate surface area is 137 Å². The molecule has 2 aromatic heterocycles. The first-order chi connectivity index (χ1) is 10.5. The van der Waals surface area contributed by atoms with E-state index in [1.807, 2.05) is 13.8 Å². The van der Waals surface area contributed by atoms with Crippen LogP contribution in [0.5, 0.6) is 0 Å². The molecule has 0 bridgehead atoms. The third-order valence-electron chi connectivity index (χ3n) is 3.78. The summed E-state index contributed by atoms with van der Waals surface area (Å²) in [6, 6.07) is 6.42. The minimum Gasteiger partial charge on any atom is -0.309 e. The van der Waals surface area contributed by atoms with E-state index >= 15 is 0 Å². The highest BCUT2D eigenvalue weighted by molar-refractivity contribution is 7.98. The Bertz CT molecular complexity index is 909. The molecule has 2 heterocycles. The average Bonchev–Trinajstić information content (AvgIpc) is 2.73. The van der Waals surface area contributed by atoms with Gasteiger partial charge in [-0.05, 0) is 44.9 Å². The van der Waals surface area contributed by atoms with Crippen molar-refractivity contribution in [2.75, 3.05) is 0 Å². The SMILES string of the molecule is Cc1ccc(SCc2nc3sc(C)c(C)c3c(=O)[nH]2)c(C)c1. The van der Waals surface area contributed by atoms with Crippen molar-refractivity contribution in [2.45, 2.75) is 38.3 Å². The Balaban J connectivity index is 1.90. The van der Waals surface area contributed by atoms with Crippen molar-refractivity contribution in [3.05, 3.63) is 55.9 Å². The van der Waals surface area contributed by atoms with Gasteiger partial charge in [0.25, 0.3) is 5.56 Å². The molecule has 3 rings (SSSR count). The van der Waals surface area contributed by atoms with E-state index in [1.54, 1.807) is 23.1 Å². The maximum atomic E-state index is 12.3. The van der Waals surface area contributed by atoms with Gasteiger partial charge >= 0.3 is 0 Å². The van der Waals surface area contributed by atoms with Gasteiger partial charge in [-0.2, -0.15) is 0 Å². The number of thioether (sulfide) groups is 1. The van der Waals surface area contributed by atoms with Crippen LogP contribution in [-0.2, 0) is 5.75 Å². The molecule has 0 saturated carbocycles. The van der Waals surface area contributed by atoms with Crippen LogP contribution in [0.3, 0.4) is 0 Å². The maximum Gasteiger partial charge on any atom is 0.259 e. The van der Waals surface area contributed by atoms with E-state index in [-0.39, 0.29) is 5.56 Å². The van der Waals surface area contributed by atoms with Gasteiger partial charge in [-0.15, -0.1) is 23.1 Å². The van der Waals surface area contributed by atoms with Crippen LogP contribution >= 0.6 is 23.1 Å². The Morgan fingerprint density at radius 1 is 1.23 bits per heavy atom. The first-order valence-corrected chi connectivity index (χ1v) is 8.95. The number of aryl methyl sites for hydroxylation is 4. The molecule has 5 heteroatoms. The van der Waals surface area contributed by atoms with E-state index in [0.717, 1.165) is 26.5 Å². The van der Waals surface area contributed by atoms with Crippen molar-refractivity contribution in [3.8, 4) is 0 Å². The monoisotopic (exact) mass is 330 g/mol. The van der Waals surface area contributed by atoms with Gasteiger partial charge in [0.15, 0.2) is 0 Å². The van der Waals surface area contributed by atoms with Crippen molar-refractivity contribution in [1.82, 2.24) is 9.97 Å². The summed E-state index contributed by atoms with van der Waals surface area (Å²) in [5.41, 5.74) is 3.54. The fraction of sp³-hybridized carbons (Fsp3) is 0.294. The smallest absolute Gasteiger partial charge is 0.259 e. The highest BCUT2D eigenvalue weighted by Gasteiger charge is 2.12. The second-order valence-electron chi connectivity index (χ2n) is 5.53. The van der Waals surface area contributed by atoms with Gasteiger partial charge in [-0.3, -0.25) is 4.79 Å². The molecule has 0 radical (unpaired) electrons. The van der Waals surface area contributed by atoms with Gasteiger partial charge in [0.05, 0.1) is 11.1 Å². The van der Waals surface area contributed by atoms with Gasteiger partial charge in [-0.1, -0.05) is 17.7 Å². The molecule has 0 fully saturated rings. The van der Waals surface area contributed by atoms with E-state index in [0.29, 0.717) is 5.75 Å². The molecule has 22 heavy (non-hydrogen) atoms. The van der Waals surface area contributed by atoms with E-state index in [1.165, 1.54) is 16.0 Å². The van der Waals surface area contributed by atoms with Gasteiger partial charge < -0.3 is 4.98 Å². The lowest BCUT2D eigenvalue weighted by Gasteiger charge is -2.06. The number of benzene rings is 1. The minimum atomic E-state index is -0.0249. The summed E-state index contributed by atoms with van der Waals surface area (Å²) in [7, 11) is 0. The lowest BCUT2D eigenvalue weighted by atomic mass is 10.2. The number of hydrogen-bond donors (Lipinski definition) is 1. The number of rotatable bonds is 3. The number of thiophene rings is 1. The molecule has 0 saturated heterocycles. The Hall–Kier alpha value is -1.59. The molecular weight excluding hydrogens is 312 g/mol. The third kappa shape index (κ3) is 2.83. The Morgan fingerprint density at radius 3 is 2.73 bits per heavy atom. The van der Waals surface area contributed by atoms with Crippen molar-refractivity contribution in [1.29, 1.82) is 0 Å². The summed E-state index contributed by atoms with van der Waals surface area (Å²) in [4.78, 5) is 23.0. The zero-order chi connectivity index (χ0) is 15.9. The molecule has 0 aliphatic carbocycles. The number of aromatic amines is 1. The van der Waals surface area contributed by atoms with Crippen LogP contribution in [0, 0.1) is 27.7 Å². The standard InChI is InChI=1S/C17H18N2OS2/c1-9-5-6-13(10(2)7-9)21-8-14-18-16(20)15-11(3)12(4)22-17(15)19-14/h5-7H,8H2,1-4H3,(H,18,19,20). The van der Waals surface area contributed by atoms with Gasteiger partial charge in [0.2, 0.25) is 0 Å². The van der Waals surface area contributed by atoms with Crippen LogP contribution in [0.4, 0.5) is 0 Å². The highest BCUT2D eigenvalue weighted by Crippen LogP contribution is 2.28. The molecule has 0 spiro atoms.